The minimum Gasteiger partial charge on any atom is -0.497 e. The van der Waals surface area contributed by atoms with E-state index in [0.717, 1.165) is 17.4 Å². The van der Waals surface area contributed by atoms with Crippen LogP contribution in [0.15, 0.2) is 42.6 Å². The van der Waals surface area contributed by atoms with E-state index < -0.39 is 5.95 Å². The molecule has 0 aliphatic rings. The van der Waals surface area contributed by atoms with E-state index in [1.54, 1.807) is 7.11 Å². The van der Waals surface area contributed by atoms with E-state index in [9.17, 15) is 9.18 Å². The number of hydrogen-bond acceptors (Lipinski definition) is 3. The smallest absolute Gasteiger partial charge is 0.251 e. The van der Waals surface area contributed by atoms with Crippen molar-refractivity contribution in [3.05, 3.63) is 59.7 Å². The number of nitrogens with one attached hydrogen (secondary N) is 1. The van der Waals surface area contributed by atoms with Crippen LogP contribution in [0.25, 0.3) is 0 Å². The topological polar surface area (TPSA) is 51.2 Å². The average Bonchev–Trinajstić information content (AvgIpc) is 2.45. The molecule has 5 heteroatoms. The molecule has 1 aromatic heterocycles. The Kier molecular flexibility index (Phi) is 4.07. The molecule has 98 valence electrons. The van der Waals surface area contributed by atoms with Crippen molar-refractivity contribution in [1.29, 1.82) is 0 Å². The summed E-state index contributed by atoms with van der Waals surface area (Å²) in [7, 11) is 1.59. The molecule has 0 unspecified atom stereocenters. The molecule has 2 aromatic rings. The van der Waals surface area contributed by atoms with Gasteiger partial charge in [-0.3, -0.25) is 4.79 Å². The Morgan fingerprint density at radius 3 is 2.68 bits per heavy atom. The van der Waals surface area contributed by atoms with E-state index in [-0.39, 0.29) is 11.5 Å². The summed E-state index contributed by atoms with van der Waals surface area (Å²) in [6.45, 7) is 0.368. The Morgan fingerprint density at radius 2 is 2.05 bits per heavy atom. The van der Waals surface area contributed by atoms with E-state index in [1.165, 1.54) is 12.3 Å². The van der Waals surface area contributed by atoms with Gasteiger partial charge in [-0.1, -0.05) is 12.1 Å². The second kappa shape index (κ2) is 5.95. The molecule has 0 aliphatic carbocycles. The number of methoxy groups -OCH3 is 1. The standard InChI is InChI=1S/C14H13FN2O2/c1-19-12-4-2-10(3-5-12)9-17-14(18)11-6-7-16-13(15)8-11/h2-8H,9H2,1H3,(H,17,18). The van der Waals surface area contributed by atoms with Gasteiger partial charge in [0.15, 0.2) is 0 Å². The summed E-state index contributed by atoms with van der Waals surface area (Å²) in [5.41, 5.74) is 1.18. The Balaban J connectivity index is 1.96. The summed E-state index contributed by atoms with van der Waals surface area (Å²) in [4.78, 5) is 15.2. The first-order valence-electron chi connectivity index (χ1n) is 5.72. The maximum absolute atomic E-state index is 12.9. The van der Waals surface area contributed by atoms with Crippen LogP contribution < -0.4 is 10.1 Å². The lowest BCUT2D eigenvalue weighted by Gasteiger charge is -2.06. The number of rotatable bonds is 4. The second-order valence-electron chi connectivity index (χ2n) is 3.90. The molecule has 2 rings (SSSR count). The average molecular weight is 260 g/mol. The molecule has 4 nitrogen and oxygen atoms in total. The van der Waals surface area contributed by atoms with E-state index >= 15 is 0 Å². The maximum Gasteiger partial charge on any atom is 0.251 e. The zero-order valence-corrected chi connectivity index (χ0v) is 10.4. The highest BCUT2D eigenvalue weighted by molar-refractivity contribution is 5.93. The molecule has 19 heavy (non-hydrogen) atoms. The quantitative estimate of drug-likeness (QED) is 0.857. The van der Waals surface area contributed by atoms with E-state index in [2.05, 4.69) is 10.3 Å². The van der Waals surface area contributed by atoms with E-state index in [4.69, 9.17) is 4.74 Å². The molecule has 0 fully saturated rings. The van der Waals surface area contributed by atoms with Crippen molar-refractivity contribution in [2.45, 2.75) is 6.54 Å². The highest BCUT2D eigenvalue weighted by Gasteiger charge is 2.06. The van der Waals surface area contributed by atoms with Gasteiger partial charge in [0.2, 0.25) is 5.95 Å². The molecule has 0 atom stereocenters. The third kappa shape index (κ3) is 3.51. The number of ether oxygens (including phenoxy) is 1. The molecule has 1 aromatic carbocycles. The fourth-order valence-electron chi connectivity index (χ4n) is 1.57. The second-order valence-corrected chi connectivity index (χ2v) is 3.90. The zero-order chi connectivity index (χ0) is 13.7. The van der Waals surface area contributed by atoms with Gasteiger partial charge >= 0.3 is 0 Å². The number of pyridine rings is 1. The predicted octanol–water partition coefficient (Wildman–Crippen LogP) is 2.16. The molecule has 0 aliphatic heterocycles. The van der Waals surface area contributed by atoms with Crippen LogP contribution in [0.1, 0.15) is 15.9 Å². The molecular weight excluding hydrogens is 247 g/mol. The minimum absolute atomic E-state index is 0.251. The lowest BCUT2D eigenvalue weighted by Crippen LogP contribution is -2.22. The molecule has 1 amide bonds. The SMILES string of the molecule is COc1ccc(CNC(=O)c2ccnc(F)c2)cc1. The highest BCUT2D eigenvalue weighted by atomic mass is 19.1. The molecule has 0 saturated carbocycles. The fourth-order valence-corrected chi connectivity index (χ4v) is 1.57. The number of hydrogen-bond donors (Lipinski definition) is 1. The van der Waals surface area contributed by atoms with Crippen molar-refractivity contribution < 1.29 is 13.9 Å². The van der Waals surface area contributed by atoms with Gasteiger partial charge in [0.05, 0.1) is 7.11 Å². The summed E-state index contributed by atoms with van der Waals surface area (Å²) in [5, 5.41) is 2.71. The lowest BCUT2D eigenvalue weighted by molar-refractivity contribution is 0.0950. The number of nitrogens with zero attached hydrogens (tertiary/aromatic N) is 1. The van der Waals surface area contributed by atoms with Crippen LogP contribution in [0.4, 0.5) is 4.39 Å². The Labute approximate surface area is 110 Å². The van der Waals surface area contributed by atoms with Crippen molar-refractivity contribution in [2.75, 3.05) is 7.11 Å². The third-order valence-corrected chi connectivity index (χ3v) is 2.60. The van der Waals surface area contributed by atoms with Gasteiger partial charge in [0, 0.05) is 24.4 Å². The first-order valence-corrected chi connectivity index (χ1v) is 5.72. The summed E-state index contributed by atoms with van der Waals surface area (Å²) >= 11 is 0. The third-order valence-electron chi connectivity index (χ3n) is 2.60. The maximum atomic E-state index is 12.9. The summed E-state index contributed by atoms with van der Waals surface area (Å²) < 4.78 is 17.9. The van der Waals surface area contributed by atoms with Crippen LogP contribution in [0.3, 0.4) is 0 Å². The molecule has 0 saturated heterocycles. The first-order chi connectivity index (χ1) is 9.19. The van der Waals surface area contributed by atoms with Crippen LogP contribution in [0.2, 0.25) is 0 Å². The van der Waals surface area contributed by atoms with Crippen LogP contribution >= 0.6 is 0 Å². The largest absolute Gasteiger partial charge is 0.497 e. The van der Waals surface area contributed by atoms with Crippen molar-refractivity contribution in [2.24, 2.45) is 0 Å². The van der Waals surface area contributed by atoms with Gasteiger partial charge in [-0.2, -0.15) is 4.39 Å². The number of carbonyl (C=O) groups excluding carboxylic acids is 1. The first kappa shape index (κ1) is 13.0. The molecule has 1 heterocycles. The Hall–Kier alpha value is -2.43. The van der Waals surface area contributed by atoms with Crippen LogP contribution in [0, 0.1) is 5.95 Å². The lowest BCUT2D eigenvalue weighted by atomic mass is 10.2. The highest BCUT2D eigenvalue weighted by Crippen LogP contribution is 2.11. The van der Waals surface area contributed by atoms with Gasteiger partial charge in [-0.05, 0) is 23.8 Å². The normalized spacial score (nSPS) is 10.0. The van der Waals surface area contributed by atoms with Crippen molar-refractivity contribution >= 4 is 5.91 Å². The molecule has 0 spiro atoms. The minimum atomic E-state index is -0.669. The number of halogens is 1. The number of carbonyl (C=O) groups is 1. The van der Waals surface area contributed by atoms with Gasteiger partial charge in [-0.15, -0.1) is 0 Å². The monoisotopic (exact) mass is 260 g/mol. The summed E-state index contributed by atoms with van der Waals surface area (Å²) in [6, 6.07) is 9.90. The number of benzene rings is 1. The van der Waals surface area contributed by atoms with Gasteiger partial charge in [0.25, 0.3) is 5.91 Å². The molecular formula is C14H13FN2O2. The molecule has 0 bridgehead atoms. The van der Waals surface area contributed by atoms with Crippen LogP contribution in [-0.4, -0.2) is 18.0 Å². The number of amides is 1. The van der Waals surface area contributed by atoms with Crippen molar-refractivity contribution in [3.63, 3.8) is 0 Å². The Morgan fingerprint density at radius 1 is 1.32 bits per heavy atom. The molecule has 0 radical (unpaired) electrons. The fraction of sp³-hybridized carbons (Fsp3) is 0.143. The number of aromatic nitrogens is 1. The summed E-state index contributed by atoms with van der Waals surface area (Å²) in [5.74, 6) is -0.250. The van der Waals surface area contributed by atoms with Crippen LogP contribution in [-0.2, 0) is 6.54 Å². The van der Waals surface area contributed by atoms with E-state index in [1.807, 2.05) is 24.3 Å². The van der Waals surface area contributed by atoms with Crippen molar-refractivity contribution in [1.82, 2.24) is 10.3 Å². The zero-order valence-electron chi connectivity index (χ0n) is 10.4. The predicted molar refractivity (Wildman–Crippen MR) is 68.4 cm³/mol. The van der Waals surface area contributed by atoms with Gasteiger partial charge < -0.3 is 10.1 Å². The Bertz CT molecular complexity index is 570. The summed E-state index contributed by atoms with van der Waals surface area (Å²) in [6.07, 6.45) is 1.26. The van der Waals surface area contributed by atoms with Crippen molar-refractivity contribution in [3.8, 4) is 5.75 Å². The van der Waals surface area contributed by atoms with Crippen LogP contribution in [0.5, 0.6) is 5.75 Å². The van der Waals surface area contributed by atoms with E-state index in [0.29, 0.717) is 6.54 Å². The van der Waals surface area contributed by atoms with Gasteiger partial charge in [-0.25, -0.2) is 4.98 Å². The molecule has 1 N–H and O–H groups in total. The van der Waals surface area contributed by atoms with Gasteiger partial charge in [0.1, 0.15) is 5.75 Å².